The first-order valence-electron chi connectivity index (χ1n) is 6.71. The summed E-state index contributed by atoms with van der Waals surface area (Å²) < 4.78 is 7.29. The van der Waals surface area contributed by atoms with E-state index < -0.39 is 0 Å². The lowest BCUT2D eigenvalue weighted by Crippen LogP contribution is -2.37. The van der Waals surface area contributed by atoms with Crippen LogP contribution in [0.4, 0.5) is 5.69 Å². The van der Waals surface area contributed by atoms with Crippen molar-refractivity contribution in [2.75, 3.05) is 13.1 Å². The van der Waals surface area contributed by atoms with E-state index in [0.717, 1.165) is 32.4 Å². The minimum Gasteiger partial charge on any atom is -0.468 e. The standard InChI is InChI=1S/C12H20N4O3/c1-3-5-10-11(16(17)18)12(15(2)14-10)19-9-6-4-7-13-8-9/h9,13H,3-8H2,1-2H3. The lowest BCUT2D eigenvalue weighted by molar-refractivity contribution is -0.386. The Kier molecular flexibility index (Phi) is 4.36. The van der Waals surface area contributed by atoms with Gasteiger partial charge in [0.05, 0.1) is 4.92 Å². The number of piperidine rings is 1. The summed E-state index contributed by atoms with van der Waals surface area (Å²) in [5.74, 6) is 0.280. The van der Waals surface area contributed by atoms with Crippen LogP contribution in [0.1, 0.15) is 31.9 Å². The highest BCUT2D eigenvalue weighted by molar-refractivity contribution is 5.46. The van der Waals surface area contributed by atoms with Crippen LogP contribution in [0.5, 0.6) is 5.88 Å². The minimum atomic E-state index is -0.385. The summed E-state index contributed by atoms with van der Waals surface area (Å²) in [6.07, 6.45) is 3.34. The van der Waals surface area contributed by atoms with Crippen molar-refractivity contribution in [2.45, 2.75) is 38.7 Å². The zero-order chi connectivity index (χ0) is 13.8. The van der Waals surface area contributed by atoms with Gasteiger partial charge in [-0.05, 0) is 25.8 Å². The van der Waals surface area contributed by atoms with Crippen LogP contribution in [0.3, 0.4) is 0 Å². The minimum absolute atomic E-state index is 0.0164. The number of aromatic nitrogens is 2. The second-order valence-corrected chi connectivity index (χ2v) is 4.82. The first-order valence-corrected chi connectivity index (χ1v) is 6.71. The van der Waals surface area contributed by atoms with E-state index in [0.29, 0.717) is 12.1 Å². The third-order valence-corrected chi connectivity index (χ3v) is 3.24. The maximum absolute atomic E-state index is 11.2. The summed E-state index contributed by atoms with van der Waals surface area (Å²) in [6.45, 7) is 3.68. The lowest BCUT2D eigenvalue weighted by Gasteiger charge is -2.23. The second kappa shape index (κ2) is 6.01. The Morgan fingerprint density at radius 2 is 2.42 bits per heavy atom. The summed E-state index contributed by atoms with van der Waals surface area (Å²) in [6, 6.07) is 0. The molecule has 1 aliphatic heterocycles. The van der Waals surface area contributed by atoms with E-state index in [-0.39, 0.29) is 22.6 Å². The molecule has 1 atom stereocenters. The number of hydrogen-bond acceptors (Lipinski definition) is 5. The maximum atomic E-state index is 11.2. The van der Waals surface area contributed by atoms with Crippen LogP contribution in [-0.4, -0.2) is 33.9 Å². The van der Waals surface area contributed by atoms with Crippen molar-refractivity contribution >= 4 is 5.69 Å². The van der Waals surface area contributed by atoms with E-state index in [1.54, 1.807) is 7.05 Å². The number of nitro groups is 1. The van der Waals surface area contributed by atoms with Crippen LogP contribution in [-0.2, 0) is 13.5 Å². The van der Waals surface area contributed by atoms with E-state index in [2.05, 4.69) is 10.4 Å². The smallest absolute Gasteiger partial charge is 0.353 e. The molecule has 0 aliphatic carbocycles. The topological polar surface area (TPSA) is 82.2 Å². The average Bonchev–Trinajstić information content (AvgIpc) is 2.68. The van der Waals surface area contributed by atoms with Gasteiger partial charge in [-0.15, -0.1) is 0 Å². The third-order valence-electron chi connectivity index (χ3n) is 3.24. The zero-order valence-corrected chi connectivity index (χ0v) is 11.4. The highest BCUT2D eigenvalue weighted by Crippen LogP contribution is 2.32. The lowest BCUT2D eigenvalue weighted by atomic mass is 10.1. The first-order chi connectivity index (χ1) is 9.13. The van der Waals surface area contributed by atoms with Gasteiger partial charge in [0.25, 0.3) is 5.88 Å². The summed E-state index contributed by atoms with van der Waals surface area (Å²) in [4.78, 5) is 10.8. The molecule has 1 fully saturated rings. The van der Waals surface area contributed by atoms with Crippen molar-refractivity contribution in [3.63, 3.8) is 0 Å². The maximum Gasteiger partial charge on any atom is 0.353 e. The molecule has 0 spiro atoms. The van der Waals surface area contributed by atoms with Gasteiger partial charge in [0.2, 0.25) is 0 Å². The molecule has 106 valence electrons. The van der Waals surface area contributed by atoms with Gasteiger partial charge in [-0.1, -0.05) is 13.3 Å². The molecule has 0 amide bonds. The predicted molar refractivity (Wildman–Crippen MR) is 70.4 cm³/mol. The molecule has 19 heavy (non-hydrogen) atoms. The Bertz CT molecular complexity index is 452. The van der Waals surface area contributed by atoms with Gasteiger partial charge in [0.15, 0.2) is 0 Å². The highest BCUT2D eigenvalue weighted by atomic mass is 16.6. The fourth-order valence-electron chi connectivity index (χ4n) is 2.35. The predicted octanol–water partition coefficient (Wildman–Crippen LogP) is 1.41. The molecule has 7 nitrogen and oxygen atoms in total. The molecule has 0 aromatic carbocycles. The molecule has 1 aromatic rings. The monoisotopic (exact) mass is 268 g/mol. The summed E-state index contributed by atoms with van der Waals surface area (Å²) in [7, 11) is 1.69. The van der Waals surface area contributed by atoms with E-state index in [4.69, 9.17) is 4.74 Å². The molecule has 1 saturated heterocycles. The van der Waals surface area contributed by atoms with Crippen LogP contribution in [0.15, 0.2) is 0 Å². The molecule has 2 heterocycles. The van der Waals surface area contributed by atoms with Crippen LogP contribution in [0.25, 0.3) is 0 Å². The molecule has 2 rings (SSSR count). The Balaban J connectivity index is 2.24. The van der Waals surface area contributed by atoms with Gasteiger partial charge in [0.1, 0.15) is 11.8 Å². The molecule has 0 saturated carbocycles. The van der Waals surface area contributed by atoms with Gasteiger partial charge in [-0.2, -0.15) is 5.10 Å². The fourth-order valence-corrected chi connectivity index (χ4v) is 2.35. The van der Waals surface area contributed by atoms with Crippen LogP contribution < -0.4 is 10.1 Å². The van der Waals surface area contributed by atoms with Gasteiger partial charge in [-0.25, -0.2) is 4.68 Å². The van der Waals surface area contributed by atoms with Crippen molar-refractivity contribution in [1.82, 2.24) is 15.1 Å². The average molecular weight is 268 g/mol. The Morgan fingerprint density at radius 3 is 3.00 bits per heavy atom. The van der Waals surface area contributed by atoms with E-state index >= 15 is 0 Å². The fraction of sp³-hybridized carbons (Fsp3) is 0.750. The van der Waals surface area contributed by atoms with Gasteiger partial charge >= 0.3 is 5.69 Å². The van der Waals surface area contributed by atoms with Gasteiger partial charge in [0, 0.05) is 13.6 Å². The number of nitrogens with one attached hydrogen (secondary N) is 1. The number of hydrogen-bond donors (Lipinski definition) is 1. The molecular formula is C12H20N4O3. The van der Waals surface area contributed by atoms with Crippen LogP contribution >= 0.6 is 0 Å². The second-order valence-electron chi connectivity index (χ2n) is 4.82. The summed E-state index contributed by atoms with van der Waals surface area (Å²) in [5, 5.41) is 18.7. The van der Waals surface area contributed by atoms with Crippen LogP contribution in [0.2, 0.25) is 0 Å². The number of nitrogens with zero attached hydrogens (tertiary/aromatic N) is 3. The molecule has 0 radical (unpaired) electrons. The van der Waals surface area contributed by atoms with Crippen molar-refractivity contribution in [2.24, 2.45) is 7.05 Å². The molecular weight excluding hydrogens is 248 g/mol. The van der Waals surface area contributed by atoms with Crippen molar-refractivity contribution in [3.05, 3.63) is 15.8 Å². The van der Waals surface area contributed by atoms with E-state index in [9.17, 15) is 10.1 Å². The number of aryl methyl sites for hydroxylation is 2. The summed E-state index contributed by atoms with van der Waals surface area (Å²) in [5.41, 5.74) is 0.531. The largest absolute Gasteiger partial charge is 0.468 e. The molecule has 7 heteroatoms. The van der Waals surface area contributed by atoms with Crippen LogP contribution in [0, 0.1) is 10.1 Å². The quantitative estimate of drug-likeness (QED) is 0.645. The molecule has 0 bridgehead atoms. The normalized spacial score (nSPS) is 19.4. The molecule has 1 unspecified atom stereocenters. The Labute approximate surface area is 112 Å². The van der Waals surface area contributed by atoms with Crippen molar-refractivity contribution < 1.29 is 9.66 Å². The molecule has 1 aliphatic rings. The van der Waals surface area contributed by atoms with Gasteiger partial charge < -0.3 is 10.1 Å². The third kappa shape index (κ3) is 3.04. The highest BCUT2D eigenvalue weighted by Gasteiger charge is 2.30. The van der Waals surface area contributed by atoms with Crippen molar-refractivity contribution in [1.29, 1.82) is 0 Å². The Morgan fingerprint density at radius 1 is 1.63 bits per heavy atom. The molecule has 1 aromatic heterocycles. The van der Waals surface area contributed by atoms with Crippen molar-refractivity contribution in [3.8, 4) is 5.88 Å². The van der Waals surface area contributed by atoms with Gasteiger partial charge in [-0.3, -0.25) is 10.1 Å². The SMILES string of the molecule is CCCc1nn(C)c(OC2CCCNC2)c1[N+](=O)[O-]. The molecule has 1 N–H and O–H groups in total. The number of ether oxygens (including phenoxy) is 1. The van der Waals surface area contributed by atoms with E-state index in [1.807, 2.05) is 6.92 Å². The Hall–Kier alpha value is -1.63. The number of rotatable bonds is 5. The van der Waals surface area contributed by atoms with E-state index in [1.165, 1.54) is 4.68 Å². The zero-order valence-electron chi connectivity index (χ0n) is 11.4. The first kappa shape index (κ1) is 13.8. The summed E-state index contributed by atoms with van der Waals surface area (Å²) >= 11 is 0.